The van der Waals surface area contributed by atoms with Crippen molar-refractivity contribution in [3.05, 3.63) is 21.9 Å². The number of hydrogen-bond donors (Lipinski definition) is 1. The molecule has 0 saturated heterocycles. The molecule has 0 amide bonds. The second-order valence-corrected chi connectivity index (χ2v) is 4.97. The predicted molar refractivity (Wildman–Crippen MR) is 84.3 cm³/mol. The lowest BCUT2D eigenvalue weighted by Gasteiger charge is -2.15. The van der Waals surface area contributed by atoms with E-state index in [1.165, 1.54) is 0 Å². The zero-order valence-electron chi connectivity index (χ0n) is 11.3. The van der Waals surface area contributed by atoms with Gasteiger partial charge < -0.3 is 19.9 Å². The Morgan fingerprint density at radius 2 is 1.75 bits per heavy atom. The largest absolute Gasteiger partial charge is 0.493 e. The fourth-order valence-electron chi connectivity index (χ4n) is 1.79. The fourth-order valence-corrected chi connectivity index (χ4v) is 2.05. The lowest BCUT2D eigenvalue weighted by Crippen LogP contribution is -2.01. The first-order valence-corrected chi connectivity index (χ1v) is 6.77. The van der Waals surface area contributed by atoms with E-state index in [9.17, 15) is 0 Å². The van der Waals surface area contributed by atoms with Crippen molar-refractivity contribution in [2.75, 3.05) is 27.1 Å². The molecule has 6 nitrogen and oxygen atoms in total. The quantitative estimate of drug-likeness (QED) is 0.812. The fraction of sp³-hybridized carbons (Fsp3) is 0.231. The maximum absolute atomic E-state index is 5.82. The third-order valence-corrected chi connectivity index (χ3v) is 3.55. The summed E-state index contributed by atoms with van der Waals surface area (Å²) in [5, 5.41) is 0. The molecular weight excluding hydrogens is 373 g/mol. The minimum atomic E-state index is 0.424. The van der Waals surface area contributed by atoms with Crippen LogP contribution in [0.2, 0.25) is 0 Å². The number of anilines is 1. The van der Waals surface area contributed by atoms with Crippen molar-refractivity contribution in [1.29, 1.82) is 0 Å². The van der Waals surface area contributed by atoms with Gasteiger partial charge in [-0.2, -0.15) is 0 Å². The molecule has 2 aromatic rings. The summed E-state index contributed by atoms with van der Waals surface area (Å²) in [7, 11) is 4.67. The number of halogens is 1. The second-order valence-electron chi connectivity index (χ2n) is 3.81. The van der Waals surface area contributed by atoms with Crippen LogP contribution in [0.4, 0.5) is 5.82 Å². The van der Waals surface area contributed by atoms with Crippen LogP contribution in [-0.2, 0) is 0 Å². The van der Waals surface area contributed by atoms with Crippen molar-refractivity contribution in [2.24, 2.45) is 0 Å². The Labute approximate surface area is 130 Å². The maximum atomic E-state index is 5.82. The van der Waals surface area contributed by atoms with Gasteiger partial charge in [0.05, 0.1) is 30.5 Å². The highest BCUT2D eigenvalue weighted by Crippen LogP contribution is 2.43. The lowest BCUT2D eigenvalue weighted by atomic mass is 10.1. The molecule has 0 radical (unpaired) electrons. The highest BCUT2D eigenvalue weighted by molar-refractivity contribution is 14.1. The van der Waals surface area contributed by atoms with Crippen molar-refractivity contribution in [3.8, 4) is 28.6 Å². The molecule has 20 heavy (non-hydrogen) atoms. The van der Waals surface area contributed by atoms with Gasteiger partial charge in [-0.3, -0.25) is 0 Å². The highest BCUT2D eigenvalue weighted by Gasteiger charge is 2.19. The van der Waals surface area contributed by atoms with Crippen molar-refractivity contribution < 1.29 is 14.2 Å². The maximum Gasteiger partial charge on any atom is 0.204 e. The van der Waals surface area contributed by atoms with E-state index in [0.29, 0.717) is 34.5 Å². The summed E-state index contributed by atoms with van der Waals surface area (Å²) in [6.45, 7) is 0. The number of nitrogens with zero attached hydrogens (tertiary/aromatic N) is 2. The molecule has 0 aliphatic carbocycles. The standard InChI is InChI=1S/C13H14IN3O3/c1-18-9-5-4-7(10(19-2)11(9)20-3)13-16-6-8(14)12(15)17-13/h4-6H,1-3H3,(H2,15,16,17). The molecule has 106 valence electrons. The average molecular weight is 387 g/mol. The molecule has 1 aromatic carbocycles. The summed E-state index contributed by atoms with van der Waals surface area (Å²) in [5.41, 5.74) is 6.51. The van der Waals surface area contributed by atoms with Gasteiger partial charge in [0, 0.05) is 6.20 Å². The number of ether oxygens (including phenoxy) is 3. The van der Waals surface area contributed by atoms with Crippen LogP contribution in [0.3, 0.4) is 0 Å². The number of methoxy groups -OCH3 is 3. The first-order chi connectivity index (χ1) is 9.62. The third kappa shape index (κ3) is 2.58. The van der Waals surface area contributed by atoms with Crippen LogP contribution >= 0.6 is 22.6 Å². The number of benzene rings is 1. The van der Waals surface area contributed by atoms with Gasteiger partial charge in [-0.1, -0.05) is 0 Å². The molecule has 1 heterocycles. The number of aromatic nitrogens is 2. The molecule has 0 fully saturated rings. The monoisotopic (exact) mass is 387 g/mol. The van der Waals surface area contributed by atoms with Gasteiger partial charge in [-0.15, -0.1) is 0 Å². The van der Waals surface area contributed by atoms with Crippen LogP contribution < -0.4 is 19.9 Å². The first-order valence-electron chi connectivity index (χ1n) is 5.69. The first kappa shape index (κ1) is 14.6. The summed E-state index contributed by atoms with van der Waals surface area (Å²) in [5.74, 6) is 2.47. The molecule has 0 unspecified atom stereocenters. The zero-order chi connectivity index (χ0) is 14.7. The second kappa shape index (κ2) is 6.12. The van der Waals surface area contributed by atoms with Gasteiger partial charge in [0.1, 0.15) is 5.82 Å². The smallest absolute Gasteiger partial charge is 0.204 e. The van der Waals surface area contributed by atoms with E-state index < -0.39 is 0 Å². The van der Waals surface area contributed by atoms with E-state index in [2.05, 4.69) is 32.6 Å². The van der Waals surface area contributed by atoms with Crippen molar-refractivity contribution >= 4 is 28.4 Å². The van der Waals surface area contributed by atoms with E-state index >= 15 is 0 Å². The van der Waals surface area contributed by atoms with E-state index in [-0.39, 0.29) is 0 Å². The molecule has 0 aliphatic heterocycles. The van der Waals surface area contributed by atoms with Crippen LogP contribution in [0.5, 0.6) is 17.2 Å². The average Bonchev–Trinajstić information content (AvgIpc) is 2.48. The minimum absolute atomic E-state index is 0.424. The van der Waals surface area contributed by atoms with E-state index in [1.54, 1.807) is 33.6 Å². The lowest BCUT2D eigenvalue weighted by molar-refractivity contribution is 0.325. The van der Waals surface area contributed by atoms with Crippen LogP contribution in [0.1, 0.15) is 0 Å². The van der Waals surface area contributed by atoms with E-state index in [0.717, 1.165) is 3.57 Å². The van der Waals surface area contributed by atoms with Crippen molar-refractivity contribution in [1.82, 2.24) is 9.97 Å². The summed E-state index contributed by atoms with van der Waals surface area (Å²) in [6.07, 6.45) is 1.66. The molecule has 0 spiro atoms. The van der Waals surface area contributed by atoms with Crippen LogP contribution in [0.15, 0.2) is 18.3 Å². The Bertz CT molecular complexity index is 634. The Balaban J connectivity index is 2.64. The Morgan fingerprint density at radius 3 is 2.30 bits per heavy atom. The molecule has 2 N–H and O–H groups in total. The predicted octanol–water partition coefficient (Wildman–Crippen LogP) is 2.36. The van der Waals surface area contributed by atoms with Crippen LogP contribution in [0.25, 0.3) is 11.4 Å². The normalized spacial score (nSPS) is 10.2. The van der Waals surface area contributed by atoms with Crippen LogP contribution in [0, 0.1) is 3.57 Å². The summed E-state index contributed by atoms with van der Waals surface area (Å²) < 4.78 is 16.8. The van der Waals surface area contributed by atoms with Crippen molar-refractivity contribution in [3.63, 3.8) is 0 Å². The summed E-state index contributed by atoms with van der Waals surface area (Å²) in [4.78, 5) is 8.54. The van der Waals surface area contributed by atoms with E-state index in [4.69, 9.17) is 19.9 Å². The van der Waals surface area contributed by atoms with E-state index in [1.807, 2.05) is 6.07 Å². The van der Waals surface area contributed by atoms with Crippen molar-refractivity contribution in [2.45, 2.75) is 0 Å². The molecule has 0 aliphatic rings. The van der Waals surface area contributed by atoms with Crippen LogP contribution in [-0.4, -0.2) is 31.3 Å². The summed E-state index contributed by atoms with van der Waals surface area (Å²) >= 11 is 2.08. The van der Waals surface area contributed by atoms with Gasteiger partial charge in [-0.25, -0.2) is 9.97 Å². The molecule has 1 aromatic heterocycles. The minimum Gasteiger partial charge on any atom is -0.493 e. The highest BCUT2D eigenvalue weighted by atomic mass is 127. The number of hydrogen-bond acceptors (Lipinski definition) is 6. The van der Waals surface area contributed by atoms with Gasteiger partial charge in [0.25, 0.3) is 0 Å². The van der Waals surface area contributed by atoms with Gasteiger partial charge >= 0.3 is 0 Å². The number of rotatable bonds is 4. The topological polar surface area (TPSA) is 79.5 Å². The van der Waals surface area contributed by atoms with Gasteiger partial charge in [0.2, 0.25) is 5.75 Å². The zero-order valence-corrected chi connectivity index (χ0v) is 13.5. The number of nitrogens with two attached hydrogens (primary N) is 1. The molecular formula is C13H14IN3O3. The third-order valence-electron chi connectivity index (χ3n) is 2.72. The van der Waals surface area contributed by atoms with Gasteiger partial charge in [0.15, 0.2) is 17.3 Å². The molecule has 0 atom stereocenters. The summed E-state index contributed by atoms with van der Waals surface area (Å²) in [6, 6.07) is 3.58. The Kier molecular flexibility index (Phi) is 4.48. The number of nitrogen functional groups attached to an aromatic ring is 1. The Hall–Kier alpha value is -1.77. The SMILES string of the molecule is COc1ccc(-c2ncc(I)c(N)n2)c(OC)c1OC. The molecule has 0 saturated carbocycles. The molecule has 7 heteroatoms. The van der Waals surface area contributed by atoms with Gasteiger partial charge in [-0.05, 0) is 34.7 Å². The molecule has 0 bridgehead atoms. The molecule has 2 rings (SSSR count). The Morgan fingerprint density at radius 1 is 1.05 bits per heavy atom.